The molecule has 31 heavy (non-hydrogen) atoms. The van der Waals surface area contributed by atoms with Crippen LogP contribution in [0.1, 0.15) is 38.8 Å². The highest BCUT2D eigenvalue weighted by Gasteiger charge is 2.31. The molecule has 5 rings (SSSR count). The van der Waals surface area contributed by atoms with Gasteiger partial charge in [0.05, 0.1) is 54.3 Å². The summed E-state index contributed by atoms with van der Waals surface area (Å²) in [5.74, 6) is 0.332. The number of halogens is 1. The van der Waals surface area contributed by atoms with Gasteiger partial charge in [0.25, 0.3) is 5.91 Å². The number of carbonyl (C=O) groups is 1. The maximum absolute atomic E-state index is 13.5. The molecule has 0 saturated carbocycles. The van der Waals surface area contributed by atoms with Crippen molar-refractivity contribution in [3.63, 3.8) is 0 Å². The van der Waals surface area contributed by atoms with Crippen molar-refractivity contribution in [2.24, 2.45) is 0 Å². The smallest absolute Gasteiger partial charge is 0.254 e. The zero-order chi connectivity index (χ0) is 21.5. The molecule has 1 fully saturated rings. The number of nitrogens with zero attached hydrogens (tertiary/aromatic N) is 4. The lowest BCUT2D eigenvalue weighted by Gasteiger charge is -2.35. The highest BCUT2D eigenvalue weighted by molar-refractivity contribution is 6.31. The van der Waals surface area contributed by atoms with E-state index in [1.165, 1.54) is 6.20 Å². The third-order valence-electron chi connectivity index (χ3n) is 5.70. The Bertz CT molecular complexity index is 1260. The number of nitrogens with two attached hydrogens (primary N) is 1. The number of morpholine rings is 1. The minimum absolute atomic E-state index is 0.137. The summed E-state index contributed by atoms with van der Waals surface area (Å²) in [5.41, 5.74) is 10.1. The van der Waals surface area contributed by atoms with Gasteiger partial charge in [0.1, 0.15) is 11.9 Å². The number of ether oxygens (including phenoxy) is 2. The van der Waals surface area contributed by atoms with Gasteiger partial charge in [-0.3, -0.25) is 9.78 Å². The number of amides is 1. The van der Waals surface area contributed by atoms with Gasteiger partial charge >= 0.3 is 0 Å². The molecule has 156 valence electrons. The van der Waals surface area contributed by atoms with E-state index >= 15 is 0 Å². The van der Waals surface area contributed by atoms with Crippen LogP contribution in [0.4, 0.5) is 5.82 Å². The number of rotatable bonds is 2. The number of benzene rings is 1. The number of pyridine rings is 2. The van der Waals surface area contributed by atoms with Crippen LogP contribution in [0, 0.1) is 11.3 Å². The molecular formula is C22H18ClN5O3. The number of nitriles is 1. The van der Waals surface area contributed by atoms with Crippen LogP contribution in [0.3, 0.4) is 0 Å². The zero-order valence-electron chi connectivity index (χ0n) is 16.5. The number of fused-ring (bicyclic) bond motifs is 3. The van der Waals surface area contributed by atoms with E-state index in [1.807, 2.05) is 18.2 Å². The summed E-state index contributed by atoms with van der Waals surface area (Å²) < 4.78 is 11.2. The largest absolute Gasteiger partial charge is 0.383 e. The molecule has 9 heteroatoms. The molecule has 0 bridgehead atoms. The highest BCUT2D eigenvalue weighted by Crippen LogP contribution is 2.33. The average molecular weight is 436 g/mol. The monoisotopic (exact) mass is 435 g/mol. The minimum Gasteiger partial charge on any atom is -0.383 e. The van der Waals surface area contributed by atoms with Crippen LogP contribution in [-0.4, -0.2) is 40.5 Å². The molecule has 1 aromatic carbocycles. The Morgan fingerprint density at radius 1 is 1.26 bits per heavy atom. The van der Waals surface area contributed by atoms with Gasteiger partial charge in [-0.05, 0) is 29.8 Å². The van der Waals surface area contributed by atoms with Gasteiger partial charge in [0, 0.05) is 29.3 Å². The second kappa shape index (κ2) is 7.78. The molecule has 3 aromatic rings. The molecule has 1 unspecified atom stereocenters. The molecule has 4 heterocycles. The lowest BCUT2D eigenvalue weighted by molar-refractivity contribution is -0.00389. The summed E-state index contributed by atoms with van der Waals surface area (Å²) in [5, 5.41) is 10.3. The molecule has 2 aliphatic rings. The third-order valence-corrected chi connectivity index (χ3v) is 6.01. The van der Waals surface area contributed by atoms with Gasteiger partial charge in [0.15, 0.2) is 0 Å². The summed E-state index contributed by atoms with van der Waals surface area (Å²) in [6.45, 7) is 2.03. The molecule has 0 spiro atoms. The molecule has 1 atom stereocenters. The first-order chi connectivity index (χ1) is 15.1. The maximum atomic E-state index is 13.5. The minimum atomic E-state index is -0.402. The fourth-order valence-electron chi connectivity index (χ4n) is 4.07. The van der Waals surface area contributed by atoms with Crippen molar-refractivity contribution in [3.05, 3.63) is 63.4 Å². The summed E-state index contributed by atoms with van der Waals surface area (Å²) in [6.07, 6.45) is 1.42. The average Bonchev–Trinajstić information content (AvgIpc) is 3.29. The quantitative estimate of drug-likeness (QED) is 0.657. The molecular weight excluding hydrogens is 418 g/mol. The van der Waals surface area contributed by atoms with Crippen molar-refractivity contribution in [1.29, 1.82) is 5.26 Å². The Morgan fingerprint density at radius 3 is 2.90 bits per heavy atom. The molecule has 2 aromatic heterocycles. The van der Waals surface area contributed by atoms with Gasteiger partial charge in [-0.15, -0.1) is 0 Å². The van der Waals surface area contributed by atoms with Crippen LogP contribution >= 0.6 is 11.6 Å². The molecule has 0 aliphatic carbocycles. The van der Waals surface area contributed by atoms with E-state index in [1.54, 1.807) is 17.0 Å². The zero-order valence-corrected chi connectivity index (χ0v) is 17.2. The van der Waals surface area contributed by atoms with Crippen LogP contribution in [0.2, 0.25) is 5.02 Å². The van der Waals surface area contributed by atoms with Crippen LogP contribution in [0.5, 0.6) is 0 Å². The van der Waals surface area contributed by atoms with Gasteiger partial charge in [0.2, 0.25) is 0 Å². The van der Waals surface area contributed by atoms with Gasteiger partial charge in [-0.25, -0.2) is 4.98 Å². The second-order valence-corrected chi connectivity index (χ2v) is 7.88. The predicted molar refractivity (Wildman–Crippen MR) is 113 cm³/mol. The first kappa shape index (κ1) is 19.7. The fourth-order valence-corrected chi connectivity index (χ4v) is 4.27. The molecule has 8 nitrogen and oxygen atoms in total. The van der Waals surface area contributed by atoms with Crippen LogP contribution in [0.15, 0.2) is 30.5 Å². The molecule has 2 N–H and O–H groups in total. The van der Waals surface area contributed by atoms with E-state index in [-0.39, 0.29) is 11.5 Å². The van der Waals surface area contributed by atoms with Crippen LogP contribution < -0.4 is 5.73 Å². The molecule has 1 saturated heterocycles. The first-order valence-electron chi connectivity index (χ1n) is 9.80. The first-order valence-corrected chi connectivity index (χ1v) is 10.2. The topological polar surface area (TPSA) is 114 Å². The summed E-state index contributed by atoms with van der Waals surface area (Å²) >= 11 is 6.19. The fraction of sp³-hybridized carbons (Fsp3) is 0.273. The number of nitrogen functional groups attached to an aromatic ring is 1. The third kappa shape index (κ3) is 3.37. The number of aromatic nitrogens is 2. The van der Waals surface area contributed by atoms with E-state index in [2.05, 4.69) is 9.97 Å². The van der Waals surface area contributed by atoms with Gasteiger partial charge < -0.3 is 20.1 Å². The van der Waals surface area contributed by atoms with E-state index < -0.39 is 6.04 Å². The number of hydrogen-bond donors (Lipinski definition) is 1. The van der Waals surface area contributed by atoms with Crippen molar-refractivity contribution in [2.75, 3.05) is 25.5 Å². The number of hydrogen-bond acceptors (Lipinski definition) is 7. The normalized spacial score (nSPS) is 18.1. The van der Waals surface area contributed by atoms with Crippen molar-refractivity contribution in [1.82, 2.24) is 14.9 Å². The SMILES string of the molecule is N#Cc1cnc(C2COCCN2C(=O)c2ccc3nc(N)c4c(c3c2)COC4)cc1Cl. The summed E-state index contributed by atoms with van der Waals surface area (Å²) in [4.78, 5) is 24.0. The van der Waals surface area contributed by atoms with Crippen molar-refractivity contribution in [2.45, 2.75) is 19.3 Å². The Morgan fingerprint density at radius 2 is 2.10 bits per heavy atom. The number of carbonyl (C=O) groups excluding carboxylic acids is 1. The number of anilines is 1. The van der Waals surface area contributed by atoms with Crippen molar-refractivity contribution >= 4 is 34.2 Å². The lowest BCUT2D eigenvalue weighted by Crippen LogP contribution is -2.43. The molecule has 2 aliphatic heterocycles. The standard InChI is InChI=1S/C22H18ClN5O3/c23-17-6-19(26-8-13(17)7-24)20-11-30-4-3-28(20)22(29)12-1-2-18-14(5-12)15-9-31-10-16(15)21(25)27-18/h1-2,5-6,8,20H,3-4,9-11H2,(H2,25,27). The molecule has 0 radical (unpaired) electrons. The van der Waals surface area contributed by atoms with Crippen LogP contribution in [-0.2, 0) is 22.7 Å². The Labute approximate surface area is 183 Å². The molecule has 1 amide bonds. The lowest BCUT2D eigenvalue weighted by atomic mass is 10.0. The van der Waals surface area contributed by atoms with Crippen molar-refractivity contribution < 1.29 is 14.3 Å². The van der Waals surface area contributed by atoms with Crippen molar-refractivity contribution in [3.8, 4) is 6.07 Å². The highest BCUT2D eigenvalue weighted by atomic mass is 35.5. The van der Waals surface area contributed by atoms with Gasteiger partial charge in [-0.2, -0.15) is 5.26 Å². The Balaban J connectivity index is 1.52. The van der Waals surface area contributed by atoms with Gasteiger partial charge in [-0.1, -0.05) is 11.6 Å². The second-order valence-electron chi connectivity index (χ2n) is 7.47. The maximum Gasteiger partial charge on any atom is 0.254 e. The van der Waals surface area contributed by atoms with Crippen LogP contribution in [0.25, 0.3) is 10.9 Å². The van der Waals surface area contributed by atoms with E-state index in [0.717, 1.165) is 22.0 Å². The predicted octanol–water partition coefficient (Wildman–Crippen LogP) is 2.98. The summed E-state index contributed by atoms with van der Waals surface area (Å²) in [7, 11) is 0. The summed E-state index contributed by atoms with van der Waals surface area (Å²) in [6, 6.07) is 8.63. The Hall–Kier alpha value is -3.25. The van der Waals surface area contributed by atoms with E-state index in [9.17, 15) is 4.79 Å². The van der Waals surface area contributed by atoms with E-state index in [4.69, 9.17) is 32.1 Å². The van der Waals surface area contributed by atoms with E-state index in [0.29, 0.717) is 55.1 Å². The Kier molecular flexibility index (Phi) is 4.94.